The summed E-state index contributed by atoms with van der Waals surface area (Å²) >= 11 is 0. The smallest absolute Gasteiger partial charge is 0.296 e. The highest BCUT2D eigenvalue weighted by atomic mass is 16.6. The number of nitrogens with zero attached hydrogens (tertiary/aromatic N) is 3. The molecule has 2 aromatic carbocycles. The molecule has 1 N–H and O–H groups in total. The third-order valence-corrected chi connectivity index (χ3v) is 4.07. The number of phenolic OH excluding ortho intramolecular Hbond substituents is 1. The lowest BCUT2D eigenvalue weighted by atomic mass is 9.72. The third-order valence-electron chi connectivity index (χ3n) is 4.07. The van der Waals surface area contributed by atoms with E-state index in [0.29, 0.717) is 0 Å². The van der Waals surface area contributed by atoms with E-state index in [2.05, 4.69) is 44.8 Å². The van der Waals surface area contributed by atoms with Gasteiger partial charge in [-0.15, -0.1) is 10.2 Å². The number of rotatable bonds is 5. The van der Waals surface area contributed by atoms with Gasteiger partial charge in [-0.1, -0.05) is 52.8 Å². The zero-order valence-corrected chi connectivity index (χ0v) is 15.9. The molecule has 0 radical (unpaired) electrons. The van der Waals surface area contributed by atoms with Crippen molar-refractivity contribution < 1.29 is 10.0 Å². The first-order valence-corrected chi connectivity index (χ1v) is 8.48. The molecule has 0 aliphatic carbocycles. The molecule has 26 heavy (non-hydrogen) atoms. The first-order chi connectivity index (χ1) is 12.0. The largest absolute Gasteiger partial charge is 0.506 e. The predicted octanol–water partition coefficient (Wildman–Crippen LogP) is 6.43. The van der Waals surface area contributed by atoms with Crippen LogP contribution in [-0.4, -0.2) is 10.0 Å². The van der Waals surface area contributed by atoms with E-state index >= 15 is 0 Å². The fourth-order valence-electron chi connectivity index (χ4n) is 3.26. The van der Waals surface area contributed by atoms with Crippen molar-refractivity contribution in [2.45, 2.75) is 46.5 Å². The Morgan fingerprint density at radius 3 is 2.19 bits per heavy atom. The molecule has 2 rings (SSSR count). The minimum absolute atomic E-state index is 0.0249. The number of phenols is 1. The summed E-state index contributed by atoms with van der Waals surface area (Å²) in [5.74, 6) is -0.0249. The van der Waals surface area contributed by atoms with E-state index < -0.39 is 4.92 Å². The van der Waals surface area contributed by atoms with Crippen molar-refractivity contribution in [2.24, 2.45) is 15.6 Å². The van der Waals surface area contributed by atoms with Crippen LogP contribution in [0.5, 0.6) is 5.75 Å². The topological polar surface area (TPSA) is 88.1 Å². The first-order valence-electron chi connectivity index (χ1n) is 8.48. The van der Waals surface area contributed by atoms with E-state index in [9.17, 15) is 15.2 Å². The van der Waals surface area contributed by atoms with Gasteiger partial charge in [-0.2, -0.15) is 0 Å². The molecule has 0 saturated carbocycles. The maximum atomic E-state index is 11.3. The Bertz CT molecular complexity index is 836. The molecule has 0 bridgehead atoms. The van der Waals surface area contributed by atoms with Crippen molar-refractivity contribution in [3.8, 4) is 5.75 Å². The van der Waals surface area contributed by atoms with Gasteiger partial charge in [-0.25, -0.2) is 0 Å². The fourth-order valence-corrected chi connectivity index (χ4v) is 3.26. The number of nitro groups is 1. The molecule has 0 heterocycles. The third kappa shape index (κ3) is 4.88. The molecule has 0 atom stereocenters. The molecule has 6 heteroatoms. The summed E-state index contributed by atoms with van der Waals surface area (Å²) in [6.45, 7) is 10.7. The van der Waals surface area contributed by atoms with Gasteiger partial charge in [0.15, 0.2) is 5.69 Å². The van der Waals surface area contributed by atoms with E-state index in [1.54, 1.807) is 30.3 Å². The number of hydrogen-bond acceptors (Lipinski definition) is 5. The Morgan fingerprint density at radius 1 is 1.00 bits per heavy atom. The van der Waals surface area contributed by atoms with Gasteiger partial charge in [0.05, 0.1) is 4.92 Å². The van der Waals surface area contributed by atoms with Crippen molar-refractivity contribution >= 4 is 17.1 Å². The van der Waals surface area contributed by atoms with E-state index in [0.717, 1.165) is 12.0 Å². The summed E-state index contributed by atoms with van der Waals surface area (Å²) in [5.41, 5.74) is 1.23. The predicted molar refractivity (Wildman–Crippen MR) is 102 cm³/mol. The lowest BCUT2D eigenvalue weighted by molar-refractivity contribution is -0.384. The van der Waals surface area contributed by atoms with Gasteiger partial charge in [0.2, 0.25) is 0 Å². The molecule has 0 aromatic heterocycles. The highest BCUT2D eigenvalue weighted by Crippen LogP contribution is 2.40. The molecule has 6 nitrogen and oxygen atoms in total. The number of nitro benzene ring substituents is 1. The van der Waals surface area contributed by atoms with Gasteiger partial charge in [-0.05, 0) is 41.0 Å². The number of azo groups is 1. The molecule has 2 aromatic rings. The SMILES string of the molecule is CC(C)(C)CC(C)(C)c1ccc([N+](=O)[O-])c(/N=N/c2ccccc2O)c1. The van der Waals surface area contributed by atoms with E-state index in [-0.39, 0.29) is 33.6 Å². The molecular weight excluding hydrogens is 330 g/mol. The number of benzene rings is 2. The monoisotopic (exact) mass is 355 g/mol. The van der Waals surface area contributed by atoms with Crippen molar-refractivity contribution in [1.29, 1.82) is 0 Å². The number of hydrogen-bond donors (Lipinski definition) is 1. The zero-order chi connectivity index (χ0) is 19.5. The van der Waals surface area contributed by atoms with E-state index in [1.807, 2.05) is 0 Å². The summed E-state index contributed by atoms with van der Waals surface area (Å²) in [4.78, 5) is 10.9. The van der Waals surface area contributed by atoms with Gasteiger partial charge in [-0.3, -0.25) is 10.1 Å². The van der Waals surface area contributed by atoms with Gasteiger partial charge in [0, 0.05) is 6.07 Å². The Morgan fingerprint density at radius 2 is 1.62 bits per heavy atom. The Kier molecular flexibility index (Phi) is 5.44. The molecule has 0 unspecified atom stereocenters. The average Bonchev–Trinajstić information content (AvgIpc) is 2.51. The van der Waals surface area contributed by atoms with Crippen LogP contribution in [0.15, 0.2) is 52.7 Å². The van der Waals surface area contributed by atoms with Gasteiger partial charge >= 0.3 is 0 Å². The van der Waals surface area contributed by atoms with Crippen LogP contribution >= 0.6 is 0 Å². The standard InChI is InChI=1S/C20H25N3O3/c1-19(2,3)13-20(4,5)14-10-11-17(23(25)26)16(12-14)22-21-15-8-6-7-9-18(15)24/h6-12,24H,13H2,1-5H3/b22-21+. The zero-order valence-electron chi connectivity index (χ0n) is 15.9. The van der Waals surface area contributed by atoms with Crippen LogP contribution in [0.2, 0.25) is 0 Å². The minimum atomic E-state index is -0.472. The van der Waals surface area contributed by atoms with Crippen LogP contribution in [0.25, 0.3) is 0 Å². The van der Waals surface area contributed by atoms with Crippen LogP contribution in [0.4, 0.5) is 17.1 Å². The van der Waals surface area contributed by atoms with E-state index in [1.165, 1.54) is 12.1 Å². The van der Waals surface area contributed by atoms with Crippen LogP contribution < -0.4 is 0 Å². The molecule has 0 aliphatic rings. The van der Waals surface area contributed by atoms with Crippen molar-refractivity contribution in [2.75, 3.05) is 0 Å². The van der Waals surface area contributed by atoms with Gasteiger partial charge in [0.25, 0.3) is 5.69 Å². The number of aromatic hydroxyl groups is 1. The Labute approximate surface area is 153 Å². The maximum absolute atomic E-state index is 11.3. The van der Waals surface area contributed by atoms with Gasteiger partial charge in [0.1, 0.15) is 11.4 Å². The summed E-state index contributed by atoms with van der Waals surface area (Å²) < 4.78 is 0. The summed E-state index contributed by atoms with van der Waals surface area (Å²) in [6.07, 6.45) is 0.911. The summed E-state index contributed by atoms with van der Waals surface area (Å²) in [6, 6.07) is 11.4. The second-order valence-corrected chi connectivity index (χ2v) is 8.27. The second-order valence-electron chi connectivity index (χ2n) is 8.27. The molecule has 0 spiro atoms. The van der Waals surface area contributed by atoms with Crippen LogP contribution in [0.3, 0.4) is 0 Å². The minimum Gasteiger partial charge on any atom is -0.506 e. The quantitative estimate of drug-likeness (QED) is 0.381. The average molecular weight is 355 g/mol. The number of para-hydroxylation sites is 1. The Hall–Kier alpha value is -2.76. The van der Waals surface area contributed by atoms with Crippen LogP contribution in [-0.2, 0) is 5.41 Å². The van der Waals surface area contributed by atoms with E-state index in [4.69, 9.17) is 0 Å². The molecule has 0 amide bonds. The summed E-state index contributed by atoms with van der Waals surface area (Å²) in [7, 11) is 0. The molecular formula is C20H25N3O3. The lowest BCUT2D eigenvalue weighted by Crippen LogP contribution is -2.24. The maximum Gasteiger partial charge on any atom is 0.296 e. The second kappa shape index (κ2) is 7.23. The van der Waals surface area contributed by atoms with Crippen molar-refractivity contribution in [3.05, 3.63) is 58.1 Å². The molecule has 138 valence electrons. The molecule has 0 saturated heterocycles. The summed E-state index contributed by atoms with van der Waals surface area (Å²) in [5, 5.41) is 29.2. The first kappa shape index (κ1) is 19.6. The van der Waals surface area contributed by atoms with Crippen molar-refractivity contribution in [1.82, 2.24) is 0 Å². The van der Waals surface area contributed by atoms with Crippen molar-refractivity contribution in [3.63, 3.8) is 0 Å². The highest BCUT2D eigenvalue weighted by Gasteiger charge is 2.29. The molecule has 0 fully saturated rings. The Balaban J connectivity index is 2.47. The lowest BCUT2D eigenvalue weighted by Gasteiger charge is -2.33. The van der Waals surface area contributed by atoms with Gasteiger partial charge < -0.3 is 5.11 Å². The van der Waals surface area contributed by atoms with Crippen LogP contribution in [0, 0.1) is 15.5 Å². The highest BCUT2D eigenvalue weighted by molar-refractivity contribution is 5.60. The van der Waals surface area contributed by atoms with Crippen LogP contribution in [0.1, 0.15) is 46.6 Å². The normalized spacial score (nSPS) is 12.5. The molecule has 0 aliphatic heterocycles. The fraction of sp³-hybridized carbons (Fsp3) is 0.400.